The Hall–Kier alpha value is -2.22. The highest BCUT2D eigenvalue weighted by Gasteiger charge is 2.37. The maximum absolute atomic E-state index is 14.0. The second-order valence-corrected chi connectivity index (χ2v) is 5.75. The Morgan fingerprint density at radius 1 is 1.08 bits per heavy atom. The number of alkyl halides is 3. The van der Waals surface area contributed by atoms with Crippen LogP contribution in [0, 0.1) is 11.6 Å². The van der Waals surface area contributed by atoms with Gasteiger partial charge in [-0.25, -0.2) is 13.8 Å². The number of carbonyl (C=O) groups is 1. The largest absolute Gasteiger partial charge is 0.417 e. The highest BCUT2D eigenvalue weighted by molar-refractivity contribution is 8.13. The van der Waals surface area contributed by atoms with Crippen LogP contribution < -0.4 is 0 Å². The summed E-state index contributed by atoms with van der Waals surface area (Å²) in [6, 6.07) is 9.24. The third-order valence-corrected chi connectivity index (χ3v) is 3.91. The Bertz CT molecular complexity index is 803. The van der Waals surface area contributed by atoms with E-state index < -0.39 is 39.9 Å². The van der Waals surface area contributed by atoms with Gasteiger partial charge in [-0.15, -0.1) is 11.8 Å². The minimum atomic E-state index is -4.91. The summed E-state index contributed by atoms with van der Waals surface area (Å²) in [5.41, 5.74) is -1.83. The number of nitrogens with zero attached hydrogens (tertiary/aromatic N) is 1. The van der Waals surface area contributed by atoms with Crippen molar-refractivity contribution in [1.82, 2.24) is 0 Å². The van der Waals surface area contributed by atoms with Gasteiger partial charge in [0.05, 0.1) is 17.5 Å². The Kier molecular flexibility index (Phi) is 5.94. The normalized spacial score (nSPS) is 12.3. The topological polar surface area (TPSA) is 29.4 Å². The summed E-state index contributed by atoms with van der Waals surface area (Å²) in [7, 11) is 0. The lowest BCUT2D eigenvalue weighted by Gasteiger charge is -2.14. The molecule has 0 aliphatic carbocycles. The Labute approximate surface area is 144 Å². The second kappa shape index (κ2) is 7.77. The first kappa shape index (κ1) is 19.1. The summed E-state index contributed by atoms with van der Waals surface area (Å²) in [5, 5.41) is -0.523. The molecule has 0 spiro atoms. The number of hydrogen-bond donors (Lipinski definition) is 0. The van der Waals surface area contributed by atoms with Gasteiger partial charge in [0.15, 0.2) is 11.6 Å². The van der Waals surface area contributed by atoms with Crippen LogP contribution >= 0.6 is 11.8 Å². The molecule has 0 saturated heterocycles. The molecule has 2 aromatic carbocycles. The van der Waals surface area contributed by atoms with Gasteiger partial charge in [0.1, 0.15) is 5.04 Å². The summed E-state index contributed by atoms with van der Waals surface area (Å²) in [6.45, 7) is 0. The number of benzene rings is 2. The quantitative estimate of drug-likeness (QED) is 0.437. The van der Waals surface area contributed by atoms with Gasteiger partial charge in [-0.2, -0.15) is 13.2 Å². The molecule has 1 amide bonds. The minimum absolute atomic E-state index is 0.164. The fourth-order valence-electron chi connectivity index (χ4n) is 2.12. The van der Waals surface area contributed by atoms with E-state index in [1.165, 1.54) is 6.26 Å². The molecule has 2 aromatic rings. The average Bonchev–Trinajstić information content (AvgIpc) is 2.55. The van der Waals surface area contributed by atoms with Gasteiger partial charge >= 0.3 is 6.18 Å². The zero-order valence-corrected chi connectivity index (χ0v) is 13.7. The van der Waals surface area contributed by atoms with Crippen LogP contribution in [0.25, 0.3) is 0 Å². The predicted octanol–water partition coefficient (Wildman–Crippen LogP) is 4.86. The summed E-state index contributed by atoms with van der Waals surface area (Å²) >= 11 is 0.638. The summed E-state index contributed by atoms with van der Waals surface area (Å²) in [4.78, 5) is 15.6. The first-order valence-electron chi connectivity index (χ1n) is 6.99. The van der Waals surface area contributed by atoms with E-state index >= 15 is 0 Å². The molecule has 0 aromatic heterocycles. The van der Waals surface area contributed by atoms with Gasteiger partial charge in [-0.1, -0.05) is 30.3 Å². The Morgan fingerprint density at radius 2 is 1.72 bits per heavy atom. The van der Waals surface area contributed by atoms with Crippen molar-refractivity contribution in [3.05, 3.63) is 70.8 Å². The van der Waals surface area contributed by atoms with E-state index in [1.807, 2.05) is 0 Å². The van der Waals surface area contributed by atoms with Crippen molar-refractivity contribution in [3.63, 3.8) is 0 Å². The van der Waals surface area contributed by atoms with Gasteiger partial charge in [-0.3, -0.25) is 4.79 Å². The zero-order chi connectivity index (χ0) is 18.6. The number of rotatable bonds is 3. The molecule has 0 bridgehead atoms. The fourth-order valence-corrected chi connectivity index (χ4v) is 2.72. The first-order valence-corrected chi connectivity index (χ1v) is 8.21. The zero-order valence-electron chi connectivity index (χ0n) is 12.9. The first-order chi connectivity index (χ1) is 11.7. The molecule has 0 saturated carbocycles. The molecule has 132 valence electrons. The fraction of sp³-hybridized carbons (Fsp3) is 0.176. The molecule has 0 atom stereocenters. The van der Waals surface area contributed by atoms with E-state index in [9.17, 15) is 26.7 Å². The van der Waals surface area contributed by atoms with Crippen molar-refractivity contribution >= 4 is 22.7 Å². The van der Waals surface area contributed by atoms with Crippen LogP contribution in [0.5, 0.6) is 0 Å². The molecule has 0 fully saturated rings. The standard InChI is InChI=1S/C17H12F5NOS/c1-25-16(23-13(24)9-10-5-3-2-4-6-10)14-11(17(20,21)22)7-8-12(18)15(14)19/h2-8H,9H2,1H3. The SMILES string of the molecule is CSC(=NC(=O)Cc1ccccc1)c1c(C(F)(F)F)ccc(F)c1F. The van der Waals surface area contributed by atoms with Crippen molar-refractivity contribution < 1.29 is 26.7 Å². The van der Waals surface area contributed by atoms with Crippen LogP contribution in [-0.2, 0) is 17.4 Å². The molecule has 0 aliphatic heterocycles. The van der Waals surface area contributed by atoms with Crippen molar-refractivity contribution in [2.24, 2.45) is 4.99 Å². The molecular weight excluding hydrogens is 361 g/mol. The number of halogens is 5. The lowest BCUT2D eigenvalue weighted by atomic mass is 10.1. The lowest BCUT2D eigenvalue weighted by Crippen LogP contribution is -2.16. The molecule has 0 aliphatic rings. The van der Waals surface area contributed by atoms with E-state index in [0.717, 1.165) is 0 Å². The summed E-state index contributed by atoms with van der Waals surface area (Å²) in [6.07, 6.45) is -3.74. The molecule has 0 N–H and O–H groups in total. The van der Waals surface area contributed by atoms with Crippen LogP contribution in [0.3, 0.4) is 0 Å². The van der Waals surface area contributed by atoms with Gasteiger partial charge in [-0.05, 0) is 24.0 Å². The third kappa shape index (κ3) is 4.66. The number of carbonyl (C=O) groups excluding carboxylic acids is 1. The van der Waals surface area contributed by atoms with Crippen LogP contribution in [0.1, 0.15) is 16.7 Å². The predicted molar refractivity (Wildman–Crippen MR) is 86.6 cm³/mol. The molecule has 0 heterocycles. The van der Waals surface area contributed by atoms with Crippen LogP contribution in [0.4, 0.5) is 22.0 Å². The monoisotopic (exact) mass is 373 g/mol. The van der Waals surface area contributed by atoms with E-state index in [0.29, 0.717) is 29.5 Å². The Morgan fingerprint density at radius 3 is 2.28 bits per heavy atom. The molecule has 0 unspecified atom stereocenters. The van der Waals surface area contributed by atoms with Crippen molar-refractivity contribution in [3.8, 4) is 0 Å². The third-order valence-electron chi connectivity index (χ3n) is 3.23. The number of aliphatic imine (C=N–C) groups is 1. The van der Waals surface area contributed by atoms with E-state index in [2.05, 4.69) is 4.99 Å². The molecular formula is C17H12F5NOS. The summed E-state index contributed by atoms with van der Waals surface area (Å²) in [5.74, 6) is -3.89. The highest BCUT2D eigenvalue weighted by atomic mass is 32.2. The highest BCUT2D eigenvalue weighted by Crippen LogP contribution is 2.35. The number of amides is 1. The number of hydrogen-bond acceptors (Lipinski definition) is 2. The average molecular weight is 373 g/mol. The van der Waals surface area contributed by atoms with Gasteiger partial charge in [0.2, 0.25) is 0 Å². The van der Waals surface area contributed by atoms with Crippen LogP contribution in [-0.4, -0.2) is 17.2 Å². The Balaban J connectivity index is 2.46. The van der Waals surface area contributed by atoms with Gasteiger partial charge in [0, 0.05) is 0 Å². The lowest BCUT2D eigenvalue weighted by molar-refractivity contribution is -0.138. The van der Waals surface area contributed by atoms with Crippen molar-refractivity contribution in [2.45, 2.75) is 12.6 Å². The maximum atomic E-state index is 14.0. The van der Waals surface area contributed by atoms with Crippen LogP contribution in [0.15, 0.2) is 47.5 Å². The van der Waals surface area contributed by atoms with Crippen molar-refractivity contribution in [2.75, 3.05) is 6.26 Å². The van der Waals surface area contributed by atoms with Crippen LogP contribution in [0.2, 0.25) is 0 Å². The maximum Gasteiger partial charge on any atom is 0.417 e. The second-order valence-electron chi connectivity index (χ2n) is 4.96. The van der Waals surface area contributed by atoms with Crippen molar-refractivity contribution in [1.29, 1.82) is 0 Å². The van der Waals surface area contributed by atoms with Gasteiger partial charge in [0.25, 0.3) is 5.91 Å². The molecule has 8 heteroatoms. The minimum Gasteiger partial charge on any atom is -0.272 e. The van der Waals surface area contributed by atoms with E-state index in [4.69, 9.17) is 0 Å². The molecule has 2 rings (SSSR count). The van der Waals surface area contributed by atoms with Gasteiger partial charge < -0.3 is 0 Å². The summed E-state index contributed by atoms with van der Waals surface area (Å²) < 4.78 is 66.8. The number of thioether (sulfide) groups is 1. The molecule has 2 nitrogen and oxygen atoms in total. The smallest absolute Gasteiger partial charge is 0.272 e. The molecule has 0 radical (unpaired) electrons. The van der Waals surface area contributed by atoms with E-state index in [-0.39, 0.29) is 6.42 Å². The molecule has 25 heavy (non-hydrogen) atoms. The van der Waals surface area contributed by atoms with E-state index in [1.54, 1.807) is 30.3 Å².